The van der Waals surface area contributed by atoms with Crippen LogP contribution in [-0.2, 0) is 19.1 Å². The molecular weight excluding hydrogens is 374 g/mol. The zero-order valence-electron chi connectivity index (χ0n) is 14.6. The fourth-order valence-electron chi connectivity index (χ4n) is 3.39. The first-order valence-electron chi connectivity index (χ1n) is 8.61. The molecule has 0 aliphatic carbocycles. The molecule has 1 aliphatic rings. The first-order chi connectivity index (χ1) is 13.3. The van der Waals surface area contributed by atoms with Crippen molar-refractivity contribution in [3.63, 3.8) is 0 Å². The summed E-state index contributed by atoms with van der Waals surface area (Å²) in [6.07, 6.45) is -3.00. The highest BCUT2D eigenvalue weighted by atomic mass is 19.4. The van der Waals surface area contributed by atoms with E-state index in [-0.39, 0.29) is 17.9 Å². The fourth-order valence-corrected chi connectivity index (χ4v) is 3.39. The van der Waals surface area contributed by atoms with E-state index < -0.39 is 17.6 Å². The number of hydrogen-bond acceptors (Lipinski definition) is 2. The summed E-state index contributed by atoms with van der Waals surface area (Å²) in [6, 6.07) is 9.55. The van der Waals surface area contributed by atoms with Crippen molar-refractivity contribution in [2.24, 2.45) is 0 Å². The van der Waals surface area contributed by atoms with Gasteiger partial charge in [-0.15, -0.1) is 0 Å². The second-order valence-electron chi connectivity index (χ2n) is 6.57. The Kier molecular flexibility index (Phi) is 4.41. The Bertz CT molecular complexity index is 1060. The van der Waals surface area contributed by atoms with Gasteiger partial charge in [0, 0.05) is 42.7 Å². The van der Waals surface area contributed by atoms with E-state index in [2.05, 4.69) is 10.3 Å². The molecule has 1 N–H and O–H groups in total. The third kappa shape index (κ3) is 3.49. The summed E-state index contributed by atoms with van der Waals surface area (Å²) in [5, 5.41) is 2.77. The molecule has 3 heterocycles. The average Bonchev–Trinajstić information content (AvgIpc) is 3.06. The molecule has 3 aromatic rings. The molecule has 0 unspecified atom stereocenters. The number of aromatic nitrogens is 2. The van der Waals surface area contributed by atoms with Gasteiger partial charge in [0.15, 0.2) is 0 Å². The average molecular weight is 389 g/mol. The molecule has 0 atom stereocenters. The van der Waals surface area contributed by atoms with Crippen molar-refractivity contribution in [3.8, 4) is 11.3 Å². The van der Waals surface area contributed by atoms with Gasteiger partial charge in [0.2, 0.25) is 0 Å². The van der Waals surface area contributed by atoms with Gasteiger partial charge in [-0.1, -0.05) is 0 Å². The van der Waals surface area contributed by atoms with Crippen LogP contribution >= 0.6 is 0 Å². The van der Waals surface area contributed by atoms with E-state index in [9.17, 15) is 22.4 Å². The Hall–Kier alpha value is -3.16. The van der Waals surface area contributed by atoms with E-state index in [0.29, 0.717) is 30.5 Å². The molecule has 4 rings (SSSR count). The van der Waals surface area contributed by atoms with Gasteiger partial charge in [-0.25, -0.2) is 4.39 Å². The zero-order valence-corrected chi connectivity index (χ0v) is 14.6. The third-order valence-electron chi connectivity index (χ3n) is 4.62. The molecule has 2 aromatic heterocycles. The summed E-state index contributed by atoms with van der Waals surface area (Å²) in [4.78, 5) is 16.1. The molecule has 0 radical (unpaired) electrons. The second-order valence-corrected chi connectivity index (χ2v) is 6.57. The summed E-state index contributed by atoms with van der Waals surface area (Å²) in [6.45, 7) is 1.15. The van der Waals surface area contributed by atoms with Crippen molar-refractivity contribution < 1.29 is 22.4 Å². The quantitative estimate of drug-likeness (QED) is 0.688. The van der Waals surface area contributed by atoms with Crippen molar-refractivity contribution in [2.75, 3.05) is 6.54 Å². The first kappa shape index (κ1) is 18.2. The zero-order chi connectivity index (χ0) is 19.9. The fraction of sp³-hybridized carbons (Fsp3) is 0.200. The van der Waals surface area contributed by atoms with Crippen LogP contribution < -0.4 is 5.32 Å². The van der Waals surface area contributed by atoms with Crippen LogP contribution in [0, 0.1) is 5.82 Å². The Balaban J connectivity index is 1.66. The summed E-state index contributed by atoms with van der Waals surface area (Å²) >= 11 is 0. The molecule has 0 fully saturated rings. The molecule has 0 spiro atoms. The number of carbonyl (C=O) groups is 1. The molecular formula is C20H15F4N3O. The lowest BCUT2D eigenvalue weighted by Gasteiger charge is -2.18. The molecule has 144 valence electrons. The van der Waals surface area contributed by atoms with Gasteiger partial charge in [0.1, 0.15) is 11.5 Å². The summed E-state index contributed by atoms with van der Waals surface area (Å²) < 4.78 is 54.3. The number of nitrogens with one attached hydrogen (secondary N) is 1. The van der Waals surface area contributed by atoms with Gasteiger partial charge >= 0.3 is 6.18 Å². The smallest absolute Gasteiger partial charge is 0.349 e. The van der Waals surface area contributed by atoms with Gasteiger partial charge in [0.05, 0.1) is 5.56 Å². The van der Waals surface area contributed by atoms with E-state index in [4.69, 9.17) is 0 Å². The van der Waals surface area contributed by atoms with E-state index in [1.807, 2.05) is 10.6 Å². The molecule has 0 saturated heterocycles. The lowest BCUT2D eigenvalue weighted by Crippen LogP contribution is -2.35. The Labute approximate surface area is 157 Å². The maximum absolute atomic E-state index is 13.6. The van der Waals surface area contributed by atoms with E-state index in [1.54, 1.807) is 24.4 Å². The molecule has 4 nitrogen and oxygen atoms in total. The van der Waals surface area contributed by atoms with Gasteiger partial charge in [0.25, 0.3) is 5.91 Å². The van der Waals surface area contributed by atoms with Gasteiger partial charge in [-0.2, -0.15) is 13.2 Å². The van der Waals surface area contributed by atoms with Crippen LogP contribution in [0.5, 0.6) is 0 Å². The maximum Gasteiger partial charge on any atom is 0.416 e. The topological polar surface area (TPSA) is 46.9 Å². The van der Waals surface area contributed by atoms with Gasteiger partial charge in [-0.05, 0) is 48.0 Å². The number of amides is 1. The number of hydrogen-bond donors (Lipinski definition) is 1. The van der Waals surface area contributed by atoms with Crippen LogP contribution in [0.25, 0.3) is 11.3 Å². The minimum absolute atomic E-state index is 0.0583. The predicted octanol–water partition coefficient (Wildman–Crippen LogP) is 4.04. The van der Waals surface area contributed by atoms with Crippen molar-refractivity contribution in [3.05, 3.63) is 77.0 Å². The Morgan fingerprint density at radius 1 is 1.07 bits per heavy atom. The van der Waals surface area contributed by atoms with E-state index >= 15 is 0 Å². The second kappa shape index (κ2) is 6.78. The summed E-state index contributed by atoms with van der Waals surface area (Å²) in [5.74, 6) is -1.08. The lowest BCUT2D eigenvalue weighted by molar-refractivity contribution is -0.137. The maximum atomic E-state index is 13.6. The third-order valence-corrected chi connectivity index (χ3v) is 4.62. The molecule has 8 heteroatoms. The number of fused-ring (bicyclic) bond motifs is 1. The summed E-state index contributed by atoms with van der Waals surface area (Å²) in [5.41, 5.74) is 1.84. The molecule has 0 saturated carbocycles. The minimum Gasteiger partial charge on any atom is -0.349 e. The largest absolute Gasteiger partial charge is 0.416 e. The van der Waals surface area contributed by atoms with E-state index in [0.717, 1.165) is 23.4 Å². The number of pyridine rings is 1. The van der Waals surface area contributed by atoms with Crippen LogP contribution in [0.4, 0.5) is 17.6 Å². The normalized spacial score (nSPS) is 13.9. The number of alkyl halides is 3. The number of carbonyl (C=O) groups excluding carboxylic acids is 1. The molecule has 0 bridgehead atoms. The molecule has 1 amide bonds. The monoisotopic (exact) mass is 389 g/mol. The SMILES string of the molecule is O=C1NCCn2c1ccc2-c1ccnc(Cc2cc(F)cc(C(F)(F)F)c2)c1. The van der Waals surface area contributed by atoms with Crippen LogP contribution in [0.15, 0.2) is 48.7 Å². The highest BCUT2D eigenvalue weighted by Gasteiger charge is 2.31. The summed E-state index contributed by atoms with van der Waals surface area (Å²) in [7, 11) is 0. The number of benzene rings is 1. The number of rotatable bonds is 3. The number of nitrogens with zero attached hydrogens (tertiary/aromatic N) is 2. The standard InChI is InChI=1S/C20H15F4N3O/c21-15-8-12(7-14(11-15)20(22,23)24)9-16-10-13(3-4-25-16)17-1-2-18-19(28)26-5-6-27(17)18/h1-4,7-8,10-11H,5-6,9H2,(H,26,28). The number of halogens is 4. The minimum atomic E-state index is -4.61. The molecule has 1 aromatic carbocycles. The predicted molar refractivity (Wildman–Crippen MR) is 94.2 cm³/mol. The van der Waals surface area contributed by atoms with Crippen LogP contribution in [0.2, 0.25) is 0 Å². The van der Waals surface area contributed by atoms with Crippen molar-refractivity contribution >= 4 is 5.91 Å². The Morgan fingerprint density at radius 3 is 2.64 bits per heavy atom. The van der Waals surface area contributed by atoms with E-state index in [1.165, 1.54) is 0 Å². The highest BCUT2D eigenvalue weighted by Crippen LogP contribution is 2.31. The van der Waals surface area contributed by atoms with Crippen LogP contribution in [0.1, 0.15) is 27.3 Å². The highest BCUT2D eigenvalue weighted by molar-refractivity contribution is 5.94. The van der Waals surface area contributed by atoms with Crippen LogP contribution in [0.3, 0.4) is 0 Å². The first-order valence-corrected chi connectivity index (χ1v) is 8.61. The van der Waals surface area contributed by atoms with Crippen LogP contribution in [-0.4, -0.2) is 22.0 Å². The molecule has 1 aliphatic heterocycles. The Morgan fingerprint density at radius 2 is 1.86 bits per heavy atom. The lowest BCUT2D eigenvalue weighted by atomic mass is 10.0. The van der Waals surface area contributed by atoms with Crippen molar-refractivity contribution in [2.45, 2.75) is 19.1 Å². The van der Waals surface area contributed by atoms with Gasteiger partial charge in [-0.3, -0.25) is 9.78 Å². The van der Waals surface area contributed by atoms with Crippen molar-refractivity contribution in [1.82, 2.24) is 14.9 Å². The van der Waals surface area contributed by atoms with Gasteiger partial charge < -0.3 is 9.88 Å². The van der Waals surface area contributed by atoms with Crippen molar-refractivity contribution in [1.29, 1.82) is 0 Å². The molecule has 28 heavy (non-hydrogen) atoms.